The molecule has 0 heterocycles. The Balaban J connectivity index is 2.11. The number of carbonyl (C=O) groups is 2. The Labute approximate surface area is 253 Å². The maximum Gasteiger partial charge on any atom is 0.264 e. The zero-order valence-electron chi connectivity index (χ0n) is 23.8. The Morgan fingerprint density at radius 2 is 1.49 bits per heavy atom. The van der Waals surface area contributed by atoms with Crippen molar-refractivity contribution in [2.75, 3.05) is 17.4 Å². The Bertz CT molecular complexity index is 1430. The first-order valence-corrected chi connectivity index (χ1v) is 15.9. The first kappa shape index (κ1) is 32.4. The van der Waals surface area contributed by atoms with Crippen LogP contribution in [0.1, 0.15) is 45.2 Å². The van der Waals surface area contributed by atoms with Crippen LogP contribution in [0.4, 0.5) is 5.69 Å². The van der Waals surface area contributed by atoms with E-state index in [4.69, 9.17) is 23.2 Å². The number of anilines is 1. The third-order valence-corrected chi connectivity index (χ3v) is 9.19. The minimum Gasteiger partial charge on any atom is -0.354 e. The van der Waals surface area contributed by atoms with E-state index < -0.39 is 28.5 Å². The summed E-state index contributed by atoms with van der Waals surface area (Å²) in [6, 6.07) is 19.2. The monoisotopic (exact) mass is 617 g/mol. The molecule has 0 spiro atoms. The normalized spacial score (nSPS) is 12.2. The molecular formula is C31H37Cl2N3O4S. The Morgan fingerprint density at radius 3 is 2.07 bits per heavy atom. The molecule has 0 fully saturated rings. The molecule has 3 aromatic rings. The largest absolute Gasteiger partial charge is 0.354 e. The average molecular weight is 619 g/mol. The lowest BCUT2D eigenvalue weighted by atomic mass is 10.1. The fourth-order valence-corrected chi connectivity index (χ4v) is 6.47. The van der Waals surface area contributed by atoms with Crippen LogP contribution in [-0.2, 0) is 32.6 Å². The Kier molecular flexibility index (Phi) is 11.6. The van der Waals surface area contributed by atoms with E-state index in [0.29, 0.717) is 40.7 Å². The van der Waals surface area contributed by atoms with Gasteiger partial charge in [0.25, 0.3) is 10.0 Å². The summed E-state index contributed by atoms with van der Waals surface area (Å²) < 4.78 is 29.1. The molecule has 10 heteroatoms. The summed E-state index contributed by atoms with van der Waals surface area (Å²) >= 11 is 12.9. The molecule has 0 radical (unpaired) electrons. The van der Waals surface area contributed by atoms with E-state index in [1.165, 1.54) is 17.0 Å². The molecule has 0 saturated carbocycles. The average Bonchev–Trinajstić information content (AvgIpc) is 2.96. The Morgan fingerprint density at radius 1 is 0.878 bits per heavy atom. The van der Waals surface area contributed by atoms with Crippen molar-refractivity contribution in [1.29, 1.82) is 0 Å². The second-order valence-corrected chi connectivity index (χ2v) is 12.8. The highest BCUT2D eigenvalue weighted by Gasteiger charge is 2.34. The molecule has 0 unspecified atom stereocenters. The quantitative estimate of drug-likeness (QED) is 0.243. The van der Waals surface area contributed by atoms with Crippen molar-refractivity contribution in [3.8, 4) is 0 Å². The first-order chi connectivity index (χ1) is 19.5. The lowest BCUT2D eigenvalue weighted by Crippen LogP contribution is -2.52. The van der Waals surface area contributed by atoms with Gasteiger partial charge in [-0.3, -0.25) is 13.9 Å². The van der Waals surface area contributed by atoms with Crippen molar-refractivity contribution in [3.05, 3.63) is 94.0 Å². The number of nitrogens with one attached hydrogen (secondary N) is 1. The van der Waals surface area contributed by atoms with Gasteiger partial charge in [-0.05, 0) is 54.7 Å². The van der Waals surface area contributed by atoms with Crippen LogP contribution < -0.4 is 9.62 Å². The van der Waals surface area contributed by atoms with E-state index in [2.05, 4.69) is 5.32 Å². The van der Waals surface area contributed by atoms with E-state index in [1.54, 1.807) is 55.5 Å². The summed E-state index contributed by atoms with van der Waals surface area (Å²) in [5.41, 5.74) is 1.65. The molecule has 220 valence electrons. The van der Waals surface area contributed by atoms with Crippen molar-refractivity contribution < 1.29 is 18.0 Å². The minimum absolute atomic E-state index is 0.0566. The summed E-state index contributed by atoms with van der Waals surface area (Å²) in [6.45, 7) is 7.52. The molecule has 1 atom stereocenters. The SMILES string of the molecule is CCc1ccccc1N(CC(=O)N(Cc1c(Cl)cccc1Cl)[C@H](CC)C(=O)NCC(C)C)S(=O)(=O)c1ccccc1. The van der Waals surface area contributed by atoms with Gasteiger partial charge in [0.15, 0.2) is 0 Å². The lowest BCUT2D eigenvalue weighted by Gasteiger charge is -2.34. The first-order valence-electron chi connectivity index (χ1n) is 13.7. The van der Waals surface area contributed by atoms with E-state index >= 15 is 0 Å². The van der Waals surface area contributed by atoms with E-state index in [1.807, 2.05) is 32.9 Å². The van der Waals surface area contributed by atoms with Gasteiger partial charge in [0, 0.05) is 28.7 Å². The van der Waals surface area contributed by atoms with Gasteiger partial charge in [-0.1, -0.05) is 93.4 Å². The van der Waals surface area contributed by atoms with Crippen LogP contribution >= 0.6 is 23.2 Å². The summed E-state index contributed by atoms with van der Waals surface area (Å²) in [6.07, 6.45) is 0.855. The number of carbonyl (C=O) groups excluding carboxylic acids is 2. The van der Waals surface area contributed by atoms with Crippen molar-refractivity contribution in [3.63, 3.8) is 0 Å². The van der Waals surface area contributed by atoms with Crippen LogP contribution in [0.25, 0.3) is 0 Å². The van der Waals surface area contributed by atoms with Gasteiger partial charge in [-0.2, -0.15) is 0 Å². The maximum absolute atomic E-state index is 14.2. The number of amides is 2. The Hall–Kier alpha value is -3.07. The van der Waals surface area contributed by atoms with E-state index in [9.17, 15) is 18.0 Å². The summed E-state index contributed by atoms with van der Waals surface area (Å²) in [5.74, 6) is -0.683. The molecule has 2 amide bonds. The highest BCUT2D eigenvalue weighted by molar-refractivity contribution is 7.92. The van der Waals surface area contributed by atoms with Crippen LogP contribution in [0.5, 0.6) is 0 Å². The standard InChI is InChI=1S/C31H37Cl2N3O4S/c1-5-23-13-10-11-18-29(23)36(41(39,40)24-14-8-7-9-15-24)21-30(37)35(20-25-26(32)16-12-17-27(25)33)28(6-2)31(38)34-19-22(3)4/h7-18,22,28H,5-6,19-21H2,1-4H3,(H,34,38)/t28-/m1/s1. The summed E-state index contributed by atoms with van der Waals surface area (Å²) in [7, 11) is -4.15. The van der Waals surface area contributed by atoms with Crippen LogP contribution in [0.3, 0.4) is 0 Å². The predicted octanol–water partition coefficient (Wildman–Crippen LogP) is 6.33. The van der Waals surface area contributed by atoms with Gasteiger partial charge in [-0.15, -0.1) is 0 Å². The van der Waals surface area contributed by atoms with Gasteiger partial charge in [0.05, 0.1) is 10.6 Å². The molecular weight excluding hydrogens is 581 g/mol. The molecule has 0 aliphatic carbocycles. The molecule has 0 aromatic heterocycles. The number of rotatable bonds is 13. The smallest absolute Gasteiger partial charge is 0.264 e. The zero-order chi connectivity index (χ0) is 30.2. The van der Waals surface area contributed by atoms with Gasteiger partial charge in [-0.25, -0.2) is 8.42 Å². The second kappa shape index (κ2) is 14.7. The van der Waals surface area contributed by atoms with Crippen LogP contribution in [0.15, 0.2) is 77.7 Å². The molecule has 0 aliphatic rings. The van der Waals surface area contributed by atoms with Crippen molar-refractivity contribution in [2.24, 2.45) is 5.92 Å². The van der Waals surface area contributed by atoms with Crippen LogP contribution in [0.2, 0.25) is 10.0 Å². The molecule has 41 heavy (non-hydrogen) atoms. The predicted molar refractivity (Wildman–Crippen MR) is 166 cm³/mol. The number of hydrogen-bond acceptors (Lipinski definition) is 4. The number of sulfonamides is 1. The van der Waals surface area contributed by atoms with E-state index in [-0.39, 0.29) is 23.3 Å². The molecule has 3 aromatic carbocycles. The molecule has 0 saturated heterocycles. The third-order valence-electron chi connectivity index (χ3n) is 6.71. The van der Waals surface area contributed by atoms with Gasteiger partial charge in [0.1, 0.15) is 12.6 Å². The summed E-state index contributed by atoms with van der Waals surface area (Å²) in [5, 5.41) is 3.60. The maximum atomic E-state index is 14.2. The highest BCUT2D eigenvalue weighted by atomic mass is 35.5. The number of aryl methyl sites for hydroxylation is 1. The fraction of sp³-hybridized carbons (Fsp3) is 0.355. The van der Waals surface area contributed by atoms with Crippen LogP contribution in [-0.4, -0.2) is 44.3 Å². The minimum atomic E-state index is -4.15. The van der Waals surface area contributed by atoms with Crippen molar-refractivity contribution in [2.45, 2.75) is 58.0 Å². The third kappa shape index (κ3) is 8.03. The van der Waals surface area contributed by atoms with Gasteiger partial charge in [0.2, 0.25) is 11.8 Å². The van der Waals surface area contributed by atoms with Crippen LogP contribution in [0, 0.1) is 5.92 Å². The van der Waals surface area contributed by atoms with E-state index in [0.717, 1.165) is 9.87 Å². The lowest BCUT2D eigenvalue weighted by molar-refractivity contribution is -0.140. The molecule has 0 bridgehead atoms. The van der Waals surface area contributed by atoms with Crippen molar-refractivity contribution >= 4 is 50.7 Å². The number of hydrogen-bond donors (Lipinski definition) is 1. The second-order valence-electron chi connectivity index (χ2n) is 10.1. The fourth-order valence-electron chi connectivity index (χ4n) is 4.48. The molecule has 3 rings (SSSR count). The van der Waals surface area contributed by atoms with Gasteiger partial charge < -0.3 is 10.2 Å². The molecule has 1 N–H and O–H groups in total. The number of nitrogens with zero attached hydrogens (tertiary/aromatic N) is 2. The number of benzene rings is 3. The number of halogens is 2. The summed E-state index contributed by atoms with van der Waals surface area (Å²) in [4.78, 5) is 29.0. The number of para-hydroxylation sites is 1. The van der Waals surface area contributed by atoms with Gasteiger partial charge >= 0.3 is 0 Å². The zero-order valence-corrected chi connectivity index (χ0v) is 26.1. The molecule has 7 nitrogen and oxygen atoms in total. The topological polar surface area (TPSA) is 86.8 Å². The molecule has 0 aliphatic heterocycles. The van der Waals surface area contributed by atoms with Crippen molar-refractivity contribution in [1.82, 2.24) is 10.2 Å². The highest BCUT2D eigenvalue weighted by Crippen LogP contribution is 2.30.